The fourth-order valence-electron chi connectivity index (χ4n) is 2.39. The second-order valence-corrected chi connectivity index (χ2v) is 6.28. The van der Waals surface area contributed by atoms with E-state index < -0.39 is 0 Å². The Morgan fingerprint density at radius 3 is 2.48 bits per heavy atom. The number of piperidine rings is 1. The second kappa shape index (κ2) is 7.46. The van der Waals surface area contributed by atoms with E-state index in [2.05, 4.69) is 31.1 Å². The predicted molar refractivity (Wildman–Crippen MR) is 84.8 cm³/mol. The zero-order valence-corrected chi connectivity index (χ0v) is 13.3. The molecule has 0 radical (unpaired) electrons. The van der Waals surface area contributed by atoms with Crippen LogP contribution in [-0.2, 0) is 0 Å². The van der Waals surface area contributed by atoms with Crippen molar-refractivity contribution in [3.05, 3.63) is 29.8 Å². The standard InChI is InChI=1S/C17H26N2O2/c1-13(2)12-21-16-6-4-14(5-7-16)17(20)18-15-8-10-19(3)11-9-15/h4-7,13,15H,8-12H2,1-3H3,(H,18,20). The van der Waals surface area contributed by atoms with Gasteiger partial charge in [-0.2, -0.15) is 0 Å². The first-order valence-electron chi connectivity index (χ1n) is 7.77. The molecule has 1 aromatic carbocycles. The summed E-state index contributed by atoms with van der Waals surface area (Å²) >= 11 is 0. The number of hydrogen-bond donors (Lipinski definition) is 1. The number of nitrogens with zero attached hydrogens (tertiary/aromatic N) is 1. The van der Waals surface area contributed by atoms with Crippen molar-refractivity contribution in [3.63, 3.8) is 0 Å². The molecule has 1 aromatic rings. The zero-order valence-electron chi connectivity index (χ0n) is 13.3. The highest BCUT2D eigenvalue weighted by molar-refractivity contribution is 5.94. The molecule has 0 unspecified atom stereocenters. The van der Waals surface area contributed by atoms with Crippen molar-refractivity contribution in [2.45, 2.75) is 32.7 Å². The van der Waals surface area contributed by atoms with Crippen LogP contribution < -0.4 is 10.1 Å². The van der Waals surface area contributed by atoms with Crippen LogP contribution in [0, 0.1) is 5.92 Å². The summed E-state index contributed by atoms with van der Waals surface area (Å²) in [6, 6.07) is 7.70. The van der Waals surface area contributed by atoms with Crippen LogP contribution in [0.25, 0.3) is 0 Å². The third kappa shape index (κ3) is 5.05. The molecule has 4 heteroatoms. The van der Waals surface area contributed by atoms with Gasteiger partial charge in [0.05, 0.1) is 6.61 Å². The van der Waals surface area contributed by atoms with Crippen LogP contribution in [0.3, 0.4) is 0 Å². The zero-order chi connectivity index (χ0) is 15.2. The average Bonchev–Trinajstić information content (AvgIpc) is 2.48. The van der Waals surface area contributed by atoms with Crippen LogP contribution >= 0.6 is 0 Å². The smallest absolute Gasteiger partial charge is 0.251 e. The Kier molecular flexibility index (Phi) is 5.62. The van der Waals surface area contributed by atoms with Crippen molar-refractivity contribution < 1.29 is 9.53 Å². The highest BCUT2D eigenvalue weighted by atomic mass is 16.5. The summed E-state index contributed by atoms with van der Waals surface area (Å²) in [7, 11) is 2.12. The van der Waals surface area contributed by atoms with E-state index >= 15 is 0 Å². The Morgan fingerprint density at radius 1 is 1.29 bits per heavy atom. The van der Waals surface area contributed by atoms with Gasteiger partial charge in [-0.1, -0.05) is 13.8 Å². The molecule has 0 bridgehead atoms. The van der Waals surface area contributed by atoms with Crippen LogP contribution in [0.5, 0.6) is 5.75 Å². The average molecular weight is 290 g/mol. The van der Waals surface area contributed by atoms with E-state index in [9.17, 15) is 4.79 Å². The number of hydrogen-bond acceptors (Lipinski definition) is 3. The number of benzene rings is 1. The predicted octanol–water partition coefficient (Wildman–Crippen LogP) is 2.55. The Hall–Kier alpha value is -1.55. The minimum absolute atomic E-state index is 0.0139. The van der Waals surface area contributed by atoms with E-state index in [1.807, 2.05) is 24.3 Å². The van der Waals surface area contributed by atoms with Crippen LogP contribution in [-0.4, -0.2) is 43.6 Å². The van der Waals surface area contributed by atoms with Crippen molar-refractivity contribution >= 4 is 5.91 Å². The third-order valence-electron chi connectivity index (χ3n) is 3.75. The SMILES string of the molecule is CC(C)COc1ccc(C(=O)NC2CCN(C)CC2)cc1. The van der Waals surface area contributed by atoms with Gasteiger partial charge in [-0.15, -0.1) is 0 Å². The lowest BCUT2D eigenvalue weighted by Crippen LogP contribution is -2.43. The molecule has 21 heavy (non-hydrogen) atoms. The van der Waals surface area contributed by atoms with Crippen LogP contribution in [0.1, 0.15) is 37.0 Å². The summed E-state index contributed by atoms with van der Waals surface area (Å²) in [6.07, 6.45) is 2.05. The summed E-state index contributed by atoms with van der Waals surface area (Å²) in [4.78, 5) is 14.5. The minimum Gasteiger partial charge on any atom is -0.493 e. The number of amides is 1. The lowest BCUT2D eigenvalue weighted by atomic mass is 10.0. The van der Waals surface area contributed by atoms with Gasteiger partial charge in [0.2, 0.25) is 0 Å². The molecule has 1 heterocycles. The Bertz CT molecular complexity index is 448. The summed E-state index contributed by atoms with van der Waals surface area (Å²) in [5, 5.41) is 3.12. The van der Waals surface area contributed by atoms with Crippen LogP contribution in [0.15, 0.2) is 24.3 Å². The maximum atomic E-state index is 12.2. The molecule has 1 amide bonds. The molecule has 0 atom stereocenters. The highest BCUT2D eigenvalue weighted by Gasteiger charge is 2.18. The van der Waals surface area contributed by atoms with Gasteiger partial charge < -0.3 is 15.0 Å². The van der Waals surface area contributed by atoms with Crippen molar-refractivity contribution in [2.24, 2.45) is 5.92 Å². The molecule has 0 aromatic heterocycles. The number of rotatable bonds is 5. The van der Waals surface area contributed by atoms with E-state index in [0.717, 1.165) is 31.7 Å². The molecule has 4 nitrogen and oxygen atoms in total. The van der Waals surface area contributed by atoms with E-state index in [0.29, 0.717) is 24.1 Å². The monoisotopic (exact) mass is 290 g/mol. The van der Waals surface area contributed by atoms with E-state index in [1.165, 1.54) is 0 Å². The van der Waals surface area contributed by atoms with E-state index in [4.69, 9.17) is 4.74 Å². The Balaban J connectivity index is 1.85. The molecule has 2 rings (SSSR count). The van der Waals surface area contributed by atoms with Crippen molar-refractivity contribution in [1.29, 1.82) is 0 Å². The highest BCUT2D eigenvalue weighted by Crippen LogP contribution is 2.14. The van der Waals surface area contributed by atoms with Gasteiger partial charge >= 0.3 is 0 Å². The first-order chi connectivity index (χ1) is 10.0. The molecule has 1 aliphatic rings. The lowest BCUT2D eigenvalue weighted by Gasteiger charge is -2.29. The Morgan fingerprint density at radius 2 is 1.90 bits per heavy atom. The van der Waals surface area contributed by atoms with Gasteiger partial charge in [0, 0.05) is 11.6 Å². The largest absolute Gasteiger partial charge is 0.493 e. The summed E-state index contributed by atoms with van der Waals surface area (Å²) < 4.78 is 5.63. The van der Waals surface area contributed by atoms with Gasteiger partial charge in [-0.3, -0.25) is 4.79 Å². The first-order valence-corrected chi connectivity index (χ1v) is 7.77. The minimum atomic E-state index is 0.0139. The maximum Gasteiger partial charge on any atom is 0.251 e. The molecule has 0 saturated carbocycles. The molecular formula is C17H26N2O2. The quantitative estimate of drug-likeness (QED) is 0.906. The molecule has 1 fully saturated rings. The number of likely N-dealkylation sites (tertiary alicyclic amines) is 1. The second-order valence-electron chi connectivity index (χ2n) is 6.28. The van der Waals surface area contributed by atoms with Gasteiger partial charge in [-0.25, -0.2) is 0 Å². The lowest BCUT2D eigenvalue weighted by molar-refractivity contribution is 0.0917. The summed E-state index contributed by atoms with van der Waals surface area (Å²) in [5.74, 6) is 1.33. The van der Waals surface area contributed by atoms with Gasteiger partial charge in [0.15, 0.2) is 0 Å². The number of carbonyl (C=O) groups excluding carboxylic acids is 1. The van der Waals surface area contributed by atoms with Crippen molar-refractivity contribution in [1.82, 2.24) is 10.2 Å². The molecular weight excluding hydrogens is 264 g/mol. The molecule has 1 saturated heterocycles. The summed E-state index contributed by atoms with van der Waals surface area (Å²) in [5.41, 5.74) is 0.700. The molecule has 1 N–H and O–H groups in total. The maximum absolute atomic E-state index is 12.2. The first kappa shape index (κ1) is 15.8. The fraction of sp³-hybridized carbons (Fsp3) is 0.588. The van der Waals surface area contributed by atoms with E-state index in [1.54, 1.807) is 0 Å². The summed E-state index contributed by atoms with van der Waals surface area (Å²) in [6.45, 7) is 7.02. The normalized spacial score (nSPS) is 17.0. The van der Waals surface area contributed by atoms with Crippen molar-refractivity contribution in [3.8, 4) is 5.75 Å². The number of nitrogens with one attached hydrogen (secondary N) is 1. The van der Waals surface area contributed by atoms with E-state index in [-0.39, 0.29) is 5.91 Å². The number of ether oxygens (including phenoxy) is 1. The van der Waals surface area contributed by atoms with Gasteiger partial charge in [-0.05, 0) is 63.2 Å². The van der Waals surface area contributed by atoms with Gasteiger partial charge in [0.25, 0.3) is 5.91 Å². The van der Waals surface area contributed by atoms with Crippen molar-refractivity contribution in [2.75, 3.05) is 26.7 Å². The molecule has 1 aliphatic heterocycles. The molecule has 0 spiro atoms. The topological polar surface area (TPSA) is 41.6 Å². The third-order valence-corrected chi connectivity index (χ3v) is 3.75. The molecule has 0 aliphatic carbocycles. The van der Waals surface area contributed by atoms with Crippen LogP contribution in [0.2, 0.25) is 0 Å². The fourth-order valence-corrected chi connectivity index (χ4v) is 2.39. The Labute approximate surface area is 127 Å². The number of carbonyl (C=O) groups is 1. The van der Waals surface area contributed by atoms with Gasteiger partial charge in [0.1, 0.15) is 5.75 Å². The molecule has 116 valence electrons. The van der Waals surface area contributed by atoms with Crippen LogP contribution in [0.4, 0.5) is 0 Å².